The van der Waals surface area contributed by atoms with E-state index in [1.165, 1.54) is 22.3 Å². The summed E-state index contributed by atoms with van der Waals surface area (Å²) in [6, 6.07) is 6.52. The maximum atomic E-state index is 11.1. The van der Waals surface area contributed by atoms with Crippen molar-refractivity contribution in [2.45, 2.75) is 33.7 Å². The van der Waals surface area contributed by atoms with Crippen LogP contribution in [0.4, 0.5) is 0 Å². The Balaban J connectivity index is 1.68. The normalized spacial score (nSPS) is 18.0. The molecule has 1 aliphatic heterocycles. The zero-order valence-corrected chi connectivity index (χ0v) is 14.7. The molecule has 1 atom stereocenters. The molecule has 5 nitrogen and oxygen atoms in total. The van der Waals surface area contributed by atoms with E-state index in [1.54, 1.807) is 6.92 Å². The first-order valence-corrected chi connectivity index (χ1v) is 8.59. The number of benzene rings is 1. The lowest BCUT2D eigenvalue weighted by Crippen LogP contribution is -2.29. The van der Waals surface area contributed by atoms with Crippen molar-refractivity contribution < 1.29 is 4.79 Å². The Hall–Kier alpha value is -2.14. The van der Waals surface area contributed by atoms with Crippen LogP contribution < -0.4 is 5.32 Å². The molecule has 1 aromatic carbocycles. The van der Waals surface area contributed by atoms with Crippen molar-refractivity contribution in [3.63, 3.8) is 0 Å². The van der Waals surface area contributed by atoms with Crippen LogP contribution in [0.15, 0.2) is 24.4 Å². The molecule has 1 fully saturated rings. The quantitative estimate of drug-likeness (QED) is 0.888. The summed E-state index contributed by atoms with van der Waals surface area (Å²) in [5.41, 5.74) is 6.12. The highest BCUT2D eigenvalue weighted by molar-refractivity contribution is 5.72. The van der Waals surface area contributed by atoms with Crippen LogP contribution in [-0.4, -0.2) is 40.6 Å². The molecule has 0 aliphatic carbocycles. The molecule has 1 aromatic heterocycles. The first-order valence-electron chi connectivity index (χ1n) is 8.59. The van der Waals surface area contributed by atoms with E-state index < -0.39 is 0 Å². The van der Waals surface area contributed by atoms with Gasteiger partial charge in [-0.3, -0.25) is 14.8 Å². The maximum absolute atomic E-state index is 11.1. The third kappa shape index (κ3) is 3.85. The highest BCUT2D eigenvalue weighted by atomic mass is 16.1. The van der Waals surface area contributed by atoms with Gasteiger partial charge in [-0.05, 0) is 44.4 Å². The van der Waals surface area contributed by atoms with E-state index in [9.17, 15) is 4.79 Å². The van der Waals surface area contributed by atoms with Gasteiger partial charge in [0.05, 0.1) is 11.9 Å². The van der Waals surface area contributed by atoms with E-state index >= 15 is 0 Å². The Bertz CT molecular complexity index is 722. The highest BCUT2D eigenvalue weighted by Gasteiger charge is 2.24. The summed E-state index contributed by atoms with van der Waals surface area (Å²) in [6.07, 6.45) is 3.08. The van der Waals surface area contributed by atoms with Crippen LogP contribution in [0.1, 0.15) is 30.0 Å². The van der Waals surface area contributed by atoms with Gasteiger partial charge in [-0.2, -0.15) is 5.10 Å². The molecule has 3 rings (SSSR count). The van der Waals surface area contributed by atoms with Crippen LogP contribution in [0.25, 0.3) is 11.3 Å². The second-order valence-electron chi connectivity index (χ2n) is 6.92. The molecule has 128 valence electrons. The van der Waals surface area contributed by atoms with Gasteiger partial charge in [0.25, 0.3) is 0 Å². The number of aromatic amines is 1. The lowest BCUT2D eigenvalue weighted by atomic mass is 10.0. The van der Waals surface area contributed by atoms with E-state index in [0.29, 0.717) is 5.92 Å². The Morgan fingerprint density at radius 1 is 1.42 bits per heavy atom. The summed E-state index contributed by atoms with van der Waals surface area (Å²) in [5, 5.41) is 10.4. The third-order valence-electron chi connectivity index (χ3n) is 4.78. The van der Waals surface area contributed by atoms with Gasteiger partial charge in [0, 0.05) is 37.7 Å². The number of rotatable bonds is 5. The number of aryl methyl sites for hydroxylation is 2. The number of carbonyl (C=O) groups excluding carboxylic acids is 1. The van der Waals surface area contributed by atoms with Gasteiger partial charge in [-0.25, -0.2) is 0 Å². The monoisotopic (exact) mass is 326 g/mol. The van der Waals surface area contributed by atoms with Crippen molar-refractivity contribution >= 4 is 5.91 Å². The minimum Gasteiger partial charge on any atom is -0.356 e. The van der Waals surface area contributed by atoms with Crippen LogP contribution in [0.5, 0.6) is 0 Å². The van der Waals surface area contributed by atoms with E-state index in [-0.39, 0.29) is 5.91 Å². The number of H-pyrrole nitrogens is 1. The molecule has 2 aromatic rings. The molecule has 1 unspecified atom stereocenters. The summed E-state index contributed by atoms with van der Waals surface area (Å²) >= 11 is 0. The number of hydrogen-bond acceptors (Lipinski definition) is 3. The van der Waals surface area contributed by atoms with Crippen molar-refractivity contribution in [2.75, 3.05) is 19.6 Å². The van der Waals surface area contributed by atoms with Crippen molar-refractivity contribution in [3.8, 4) is 11.3 Å². The maximum Gasteiger partial charge on any atom is 0.216 e. The SMILES string of the molecule is CC(=O)NCC1CCN(Cc2cn[nH]c2-c2cc(C)ccc2C)C1. The zero-order valence-electron chi connectivity index (χ0n) is 14.7. The van der Waals surface area contributed by atoms with Gasteiger partial charge in [0.2, 0.25) is 5.91 Å². The summed E-state index contributed by atoms with van der Waals surface area (Å²) in [6.45, 7) is 9.61. The molecule has 5 heteroatoms. The lowest BCUT2D eigenvalue weighted by molar-refractivity contribution is -0.119. The summed E-state index contributed by atoms with van der Waals surface area (Å²) in [4.78, 5) is 13.5. The molecule has 1 saturated heterocycles. The molecule has 24 heavy (non-hydrogen) atoms. The van der Waals surface area contributed by atoms with E-state index in [0.717, 1.165) is 38.3 Å². The van der Waals surface area contributed by atoms with Crippen LogP contribution in [-0.2, 0) is 11.3 Å². The molecule has 1 aliphatic rings. The van der Waals surface area contributed by atoms with Crippen LogP contribution in [0, 0.1) is 19.8 Å². The topological polar surface area (TPSA) is 61.0 Å². The Kier molecular flexibility index (Phi) is 5.00. The molecular formula is C19H26N4O. The smallest absolute Gasteiger partial charge is 0.216 e. The van der Waals surface area contributed by atoms with Crippen LogP contribution >= 0.6 is 0 Å². The number of amides is 1. The van der Waals surface area contributed by atoms with Crippen molar-refractivity contribution in [1.29, 1.82) is 0 Å². The number of hydrogen-bond donors (Lipinski definition) is 2. The third-order valence-corrected chi connectivity index (χ3v) is 4.78. The predicted molar refractivity (Wildman–Crippen MR) is 95.6 cm³/mol. The number of likely N-dealkylation sites (tertiary alicyclic amines) is 1. The first kappa shape index (κ1) is 16.7. The molecule has 0 bridgehead atoms. The Morgan fingerprint density at radius 3 is 3.04 bits per heavy atom. The van der Waals surface area contributed by atoms with Gasteiger partial charge in [0.15, 0.2) is 0 Å². The van der Waals surface area contributed by atoms with Crippen LogP contribution in [0.2, 0.25) is 0 Å². The summed E-state index contributed by atoms with van der Waals surface area (Å²) in [5.74, 6) is 0.602. The van der Waals surface area contributed by atoms with E-state index in [4.69, 9.17) is 0 Å². The number of nitrogens with one attached hydrogen (secondary N) is 2. The minimum atomic E-state index is 0.0560. The van der Waals surface area contributed by atoms with Gasteiger partial charge < -0.3 is 5.32 Å². The second-order valence-corrected chi connectivity index (χ2v) is 6.92. The molecule has 0 saturated carbocycles. The first-order chi connectivity index (χ1) is 11.5. The molecule has 1 amide bonds. The standard InChI is InChI=1S/C19H26N4O/c1-13-4-5-14(2)18(8-13)19-17(10-21-22-19)12-23-7-6-16(11-23)9-20-15(3)24/h4-5,8,10,16H,6-7,9,11-12H2,1-3H3,(H,20,24)(H,21,22). The number of carbonyl (C=O) groups is 1. The lowest BCUT2D eigenvalue weighted by Gasteiger charge is -2.17. The second kappa shape index (κ2) is 7.18. The van der Waals surface area contributed by atoms with Crippen molar-refractivity contribution in [2.24, 2.45) is 5.92 Å². The summed E-state index contributed by atoms with van der Waals surface area (Å²) in [7, 11) is 0. The van der Waals surface area contributed by atoms with E-state index in [2.05, 4.69) is 52.5 Å². The average molecular weight is 326 g/mol. The van der Waals surface area contributed by atoms with Crippen molar-refractivity contribution in [3.05, 3.63) is 41.1 Å². The Labute approximate surface area is 143 Å². The fourth-order valence-corrected chi connectivity index (χ4v) is 3.42. The average Bonchev–Trinajstić information content (AvgIpc) is 3.17. The molecular weight excluding hydrogens is 300 g/mol. The largest absolute Gasteiger partial charge is 0.356 e. The van der Waals surface area contributed by atoms with Crippen LogP contribution in [0.3, 0.4) is 0 Å². The minimum absolute atomic E-state index is 0.0560. The fourth-order valence-electron chi connectivity index (χ4n) is 3.42. The molecule has 2 heterocycles. The molecule has 0 spiro atoms. The number of aromatic nitrogens is 2. The zero-order chi connectivity index (χ0) is 17.1. The number of nitrogens with zero attached hydrogens (tertiary/aromatic N) is 2. The van der Waals surface area contributed by atoms with Gasteiger partial charge >= 0.3 is 0 Å². The Morgan fingerprint density at radius 2 is 2.25 bits per heavy atom. The highest BCUT2D eigenvalue weighted by Crippen LogP contribution is 2.28. The fraction of sp³-hybridized carbons (Fsp3) is 0.474. The van der Waals surface area contributed by atoms with Gasteiger partial charge in [-0.1, -0.05) is 17.7 Å². The summed E-state index contributed by atoms with van der Waals surface area (Å²) < 4.78 is 0. The predicted octanol–water partition coefficient (Wildman–Crippen LogP) is 2.65. The van der Waals surface area contributed by atoms with Gasteiger partial charge in [0.1, 0.15) is 0 Å². The van der Waals surface area contributed by atoms with Gasteiger partial charge in [-0.15, -0.1) is 0 Å². The molecule has 2 N–H and O–H groups in total. The molecule has 0 radical (unpaired) electrons. The van der Waals surface area contributed by atoms with E-state index in [1.807, 2.05) is 6.20 Å². The van der Waals surface area contributed by atoms with Crippen molar-refractivity contribution in [1.82, 2.24) is 20.4 Å².